The van der Waals surface area contributed by atoms with Gasteiger partial charge in [0.15, 0.2) is 5.13 Å². The number of piperidine rings is 1. The van der Waals surface area contributed by atoms with Crippen molar-refractivity contribution >= 4 is 38.4 Å². The van der Waals surface area contributed by atoms with E-state index in [1.165, 1.54) is 15.6 Å². The van der Waals surface area contributed by atoms with E-state index in [-0.39, 0.29) is 30.6 Å². The minimum Gasteiger partial charge on any atom is -0.466 e. The van der Waals surface area contributed by atoms with Crippen LogP contribution >= 0.6 is 11.3 Å². The Morgan fingerprint density at radius 1 is 1.42 bits per heavy atom. The summed E-state index contributed by atoms with van der Waals surface area (Å²) in [5, 5.41) is 4.84. The third-order valence-electron chi connectivity index (χ3n) is 4.02. The van der Waals surface area contributed by atoms with Gasteiger partial charge in [0.2, 0.25) is 15.9 Å². The second-order valence-corrected chi connectivity index (χ2v) is 9.07. The maximum atomic E-state index is 12.5. The first-order chi connectivity index (χ1) is 12.4. The number of hydrogen-bond donors (Lipinski definition) is 1. The first kappa shape index (κ1) is 20.8. The molecule has 1 atom stereocenters. The summed E-state index contributed by atoms with van der Waals surface area (Å²) >= 11 is 1.23. The Morgan fingerprint density at radius 2 is 2.19 bits per heavy atom. The normalized spacial score (nSPS) is 18.5. The standard InChI is InChI=1S/C16H25N3O5S2/c1-3-8-26(22,23)19-7-5-6-12(10-19)15(21)18-16-17-13(11-25-16)9-14(20)24-4-2/h11-12H,3-10H2,1-2H3,(H,17,18,21)/t12-/m1/s1. The second-order valence-electron chi connectivity index (χ2n) is 6.13. The molecule has 1 aliphatic heterocycles. The molecule has 1 aromatic heterocycles. The molecule has 0 radical (unpaired) electrons. The predicted molar refractivity (Wildman–Crippen MR) is 99.5 cm³/mol. The number of carbonyl (C=O) groups excluding carboxylic acids is 2. The van der Waals surface area contributed by atoms with Gasteiger partial charge in [-0.25, -0.2) is 17.7 Å². The molecule has 1 aromatic rings. The lowest BCUT2D eigenvalue weighted by Crippen LogP contribution is -2.44. The quantitative estimate of drug-likeness (QED) is 0.662. The fraction of sp³-hybridized carbons (Fsp3) is 0.688. The Bertz CT molecular complexity index is 732. The summed E-state index contributed by atoms with van der Waals surface area (Å²) in [6, 6.07) is 0. The number of esters is 1. The molecule has 0 spiro atoms. The van der Waals surface area contributed by atoms with Crippen LogP contribution in [0.25, 0.3) is 0 Å². The lowest BCUT2D eigenvalue weighted by Gasteiger charge is -2.30. The molecule has 1 aliphatic rings. The molecule has 0 bridgehead atoms. The molecule has 0 saturated carbocycles. The molecule has 1 N–H and O–H groups in total. The number of thiazole rings is 1. The van der Waals surface area contributed by atoms with Crippen molar-refractivity contribution in [1.82, 2.24) is 9.29 Å². The van der Waals surface area contributed by atoms with Gasteiger partial charge in [0.25, 0.3) is 0 Å². The van der Waals surface area contributed by atoms with E-state index in [2.05, 4.69) is 10.3 Å². The minimum absolute atomic E-state index is 0.0622. The number of amides is 1. The first-order valence-electron chi connectivity index (χ1n) is 8.74. The molecule has 1 amide bonds. The molecule has 10 heteroatoms. The first-order valence-corrected chi connectivity index (χ1v) is 11.2. The van der Waals surface area contributed by atoms with Crippen LogP contribution in [0.4, 0.5) is 5.13 Å². The second kappa shape index (κ2) is 9.43. The summed E-state index contributed by atoms with van der Waals surface area (Å²) in [6.45, 7) is 4.54. The van der Waals surface area contributed by atoms with Gasteiger partial charge in [-0.1, -0.05) is 6.92 Å². The van der Waals surface area contributed by atoms with Gasteiger partial charge in [-0.3, -0.25) is 9.59 Å². The van der Waals surface area contributed by atoms with Gasteiger partial charge in [-0.15, -0.1) is 11.3 Å². The van der Waals surface area contributed by atoms with Crippen molar-refractivity contribution in [3.63, 3.8) is 0 Å². The van der Waals surface area contributed by atoms with Crippen molar-refractivity contribution in [3.05, 3.63) is 11.1 Å². The number of rotatable bonds is 8. The largest absolute Gasteiger partial charge is 0.466 e. The van der Waals surface area contributed by atoms with Crippen LogP contribution in [0.1, 0.15) is 38.8 Å². The van der Waals surface area contributed by atoms with Crippen molar-refractivity contribution in [1.29, 1.82) is 0 Å². The van der Waals surface area contributed by atoms with E-state index >= 15 is 0 Å². The number of carbonyl (C=O) groups is 2. The van der Waals surface area contributed by atoms with Crippen LogP contribution in [0.2, 0.25) is 0 Å². The molecule has 0 aromatic carbocycles. The van der Waals surface area contributed by atoms with Crippen molar-refractivity contribution in [3.8, 4) is 0 Å². The lowest BCUT2D eigenvalue weighted by atomic mass is 9.99. The van der Waals surface area contributed by atoms with Gasteiger partial charge in [0, 0.05) is 18.5 Å². The Hall–Kier alpha value is -1.52. The molecule has 0 unspecified atom stereocenters. The zero-order valence-electron chi connectivity index (χ0n) is 15.1. The van der Waals surface area contributed by atoms with E-state index in [1.54, 1.807) is 12.3 Å². The van der Waals surface area contributed by atoms with E-state index in [0.717, 1.165) is 0 Å². The highest BCUT2D eigenvalue weighted by atomic mass is 32.2. The van der Waals surface area contributed by atoms with Gasteiger partial charge in [-0.05, 0) is 26.2 Å². The lowest BCUT2D eigenvalue weighted by molar-refractivity contribution is -0.142. The van der Waals surface area contributed by atoms with E-state index in [0.29, 0.717) is 43.2 Å². The zero-order valence-corrected chi connectivity index (χ0v) is 16.7. The van der Waals surface area contributed by atoms with Crippen molar-refractivity contribution in [2.45, 2.75) is 39.5 Å². The van der Waals surface area contributed by atoms with Crippen LogP contribution in [0.3, 0.4) is 0 Å². The molecule has 2 heterocycles. The van der Waals surface area contributed by atoms with Crippen molar-refractivity contribution in [2.75, 3.05) is 30.8 Å². The molecule has 26 heavy (non-hydrogen) atoms. The summed E-state index contributed by atoms with van der Waals surface area (Å²) in [5.41, 5.74) is 0.541. The third-order valence-corrected chi connectivity index (χ3v) is 6.87. The van der Waals surface area contributed by atoms with Crippen molar-refractivity contribution in [2.24, 2.45) is 5.92 Å². The van der Waals surface area contributed by atoms with Crippen LogP contribution in [0.5, 0.6) is 0 Å². The van der Waals surface area contributed by atoms with Crippen LogP contribution in [0.15, 0.2) is 5.38 Å². The minimum atomic E-state index is -3.30. The topological polar surface area (TPSA) is 106 Å². The summed E-state index contributed by atoms with van der Waals surface area (Å²) in [7, 11) is -3.30. The third kappa shape index (κ3) is 5.75. The van der Waals surface area contributed by atoms with Crippen LogP contribution in [-0.4, -0.2) is 55.0 Å². The van der Waals surface area contributed by atoms with Crippen molar-refractivity contribution < 1.29 is 22.7 Å². The number of anilines is 1. The van der Waals surface area contributed by atoms with E-state index in [9.17, 15) is 18.0 Å². The summed E-state index contributed by atoms with van der Waals surface area (Å²) < 4.78 is 30.7. The Kier molecular flexibility index (Phi) is 7.54. The average molecular weight is 404 g/mol. The molecular formula is C16H25N3O5S2. The van der Waals surface area contributed by atoms with E-state index in [1.807, 2.05) is 6.92 Å². The molecule has 8 nitrogen and oxygen atoms in total. The van der Waals surface area contributed by atoms with Crippen LogP contribution in [-0.2, 0) is 30.8 Å². The maximum Gasteiger partial charge on any atom is 0.311 e. The fourth-order valence-corrected chi connectivity index (χ4v) is 5.11. The number of nitrogens with zero attached hydrogens (tertiary/aromatic N) is 2. The number of ether oxygens (including phenoxy) is 1. The number of aromatic nitrogens is 1. The number of sulfonamides is 1. The molecule has 0 aliphatic carbocycles. The highest BCUT2D eigenvalue weighted by Gasteiger charge is 2.32. The molecule has 1 saturated heterocycles. The highest BCUT2D eigenvalue weighted by molar-refractivity contribution is 7.89. The van der Waals surface area contributed by atoms with Gasteiger partial charge >= 0.3 is 5.97 Å². The molecule has 146 valence electrons. The van der Waals surface area contributed by atoms with Gasteiger partial charge in [0.05, 0.1) is 30.4 Å². The molecular weight excluding hydrogens is 378 g/mol. The summed E-state index contributed by atoms with van der Waals surface area (Å²) in [5.74, 6) is -0.892. The van der Waals surface area contributed by atoms with Gasteiger partial charge in [-0.2, -0.15) is 0 Å². The highest BCUT2D eigenvalue weighted by Crippen LogP contribution is 2.23. The summed E-state index contributed by atoms with van der Waals surface area (Å²) in [6.07, 6.45) is 1.92. The SMILES string of the molecule is CCCS(=O)(=O)N1CCC[C@@H](C(=O)Nc2nc(CC(=O)OCC)cs2)C1. The Balaban J connectivity index is 1.93. The average Bonchev–Trinajstić information content (AvgIpc) is 3.02. The van der Waals surface area contributed by atoms with Gasteiger partial charge in [0.1, 0.15) is 0 Å². The monoisotopic (exact) mass is 403 g/mol. The van der Waals surface area contributed by atoms with E-state index in [4.69, 9.17) is 4.74 Å². The number of nitrogens with one attached hydrogen (secondary N) is 1. The van der Waals surface area contributed by atoms with Gasteiger partial charge < -0.3 is 10.1 Å². The van der Waals surface area contributed by atoms with Crippen LogP contribution in [0, 0.1) is 5.92 Å². The fourth-order valence-electron chi connectivity index (χ4n) is 2.81. The number of hydrogen-bond acceptors (Lipinski definition) is 7. The molecule has 2 rings (SSSR count). The van der Waals surface area contributed by atoms with E-state index < -0.39 is 15.9 Å². The maximum absolute atomic E-state index is 12.5. The van der Waals surface area contributed by atoms with Crippen LogP contribution < -0.4 is 5.32 Å². The predicted octanol–water partition coefficient (Wildman–Crippen LogP) is 1.64. The summed E-state index contributed by atoms with van der Waals surface area (Å²) in [4.78, 5) is 28.2. The zero-order chi connectivity index (χ0) is 19.2. The molecule has 1 fully saturated rings. The Morgan fingerprint density at radius 3 is 2.88 bits per heavy atom. The Labute approximate surface area is 158 Å². The smallest absolute Gasteiger partial charge is 0.311 e.